The number of carboxylic acids is 1. The minimum absolute atomic E-state index is 0.0423. The molecule has 0 amide bonds. The molecule has 82 valence electrons. The van der Waals surface area contributed by atoms with E-state index >= 15 is 0 Å². The van der Waals surface area contributed by atoms with E-state index in [0.717, 1.165) is 6.07 Å². The van der Waals surface area contributed by atoms with Crippen molar-refractivity contribution in [2.24, 2.45) is 0 Å². The van der Waals surface area contributed by atoms with Gasteiger partial charge in [-0.05, 0) is 13.0 Å². The van der Waals surface area contributed by atoms with Gasteiger partial charge in [0.1, 0.15) is 5.15 Å². The fourth-order valence-electron chi connectivity index (χ4n) is 1.14. The van der Waals surface area contributed by atoms with Gasteiger partial charge in [0.25, 0.3) is 6.43 Å². The molecule has 0 spiro atoms. The number of carboxylic acid groups (broad SMARTS) is 1. The van der Waals surface area contributed by atoms with Crippen LogP contribution in [-0.4, -0.2) is 16.1 Å². The zero-order valence-electron chi connectivity index (χ0n) is 7.80. The zero-order valence-corrected chi connectivity index (χ0v) is 8.55. The van der Waals surface area contributed by atoms with E-state index in [4.69, 9.17) is 16.7 Å². The van der Waals surface area contributed by atoms with Crippen molar-refractivity contribution in [1.82, 2.24) is 4.98 Å². The smallest absolute Gasteiger partial charge is 0.307 e. The summed E-state index contributed by atoms with van der Waals surface area (Å²) in [5.41, 5.74) is -0.0649. The second kappa shape index (κ2) is 4.53. The van der Waals surface area contributed by atoms with Gasteiger partial charge in [-0.15, -0.1) is 0 Å². The average Bonchev–Trinajstić information content (AvgIpc) is 2.08. The maximum Gasteiger partial charge on any atom is 0.307 e. The predicted molar refractivity (Wildman–Crippen MR) is 50.3 cm³/mol. The number of alkyl halides is 2. The number of nitrogens with zero attached hydrogens (tertiary/aromatic N) is 1. The Kier molecular flexibility index (Phi) is 3.57. The van der Waals surface area contributed by atoms with Gasteiger partial charge in [0.05, 0.1) is 6.42 Å². The van der Waals surface area contributed by atoms with Crippen molar-refractivity contribution in [3.63, 3.8) is 0 Å². The lowest BCUT2D eigenvalue weighted by atomic mass is 10.1. The molecule has 0 aliphatic carbocycles. The van der Waals surface area contributed by atoms with Crippen LogP contribution in [0.15, 0.2) is 6.07 Å². The van der Waals surface area contributed by atoms with Crippen molar-refractivity contribution >= 4 is 17.6 Å². The number of aliphatic carboxylic acids is 1. The molecule has 0 atom stereocenters. The number of pyridine rings is 1. The summed E-state index contributed by atoms with van der Waals surface area (Å²) in [6.45, 7) is 1.40. The lowest BCUT2D eigenvalue weighted by Crippen LogP contribution is -2.04. The van der Waals surface area contributed by atoms with Gasteiger partial charge in [-0.1, -0.05) is 11.6 Å². The average molecular weight is 236 g/mol. The fourth-order valence-corrected chi connectivity index (χ4v) is 1.39. The fraction of sp³-hybridized carbons (Fsp3) is 0.333. The summed E-state index contributed by atoms with van der Waals surface area (Å²) in [5, 5.41) is 8.47. The number of aryl methyl sites for hydroxylation is 1. The summed E-state index contributed by atoms with van der Waals surface area (Å²) in [7, 11) is 0. The van der Waals surface area contributed by atoms with Gasteiger partial charge in [0, 0.05) is 16.8 Å². The van der Waals surface area contributed by atoms with Crippen molar-refractivity contribution < 1.29 is 18.7 Å². The molecule has 0 saturated heterocycles. The molecule has 1 N–H and O–H groups in total. The molecule has 0 fully saturated rings. The van der Waals surface area contributed by atoms with Crippen LogP contribution in [0.1, 0.15) is 23.2 Å². The summed E-state index contributed by atoms with van der Waals surface area (Å²) in [6.07, 6.45) is -3.09. The van der Waals surface area contributed by atoms with Crippen LogP contribution in [0.5, 0.6) is 0 Å². The van der Waals surface area contributed by atoms with Crippen LogP contribution >= 0.6 is 11.6 Å². The number of rotatable bonds is 3. The Bertz CT molecular complexity index is 396. The quantitative estimate of drug-likeness (QED) is 0.820. The molecule has 1 heterocycles. The largest absolute Gasteiger partial charge is 0.481 e. The summed E-state index contributed by atoms with van der Waals surface area (Å²) < 4.78 is 24.9. The summed E-state index contributed by atoms with van der Waals surface area (Å²) in [4.78, 5) is 14.1. The minimum Gasteiger partial charge on any atom is -0.481 e. The van der Waals surface area contributed by atoms with Crippen LogP contribution in [0.2, 0.25) is 5.15 Å². The van der Waals surface area contributed by atoms with Crippen molar-refractivity contribution in [2.75, 3.05) is 0 Å². The Morgan fingerprint density at radius 2 is 2.27 bits per heavy atom. The van der Waals surface area contributed by atoms with Gasteiger partial charge < -0.3 is 5.11 Å². The maximum absolute atomic E-state index is 12.4. The Labute approximate surface area is 89.7 Å². The molecular weight excluding hydrogens is 228 g/mol. The highest BCUT2D eigenvalue weighted by Gasteiger charge is 2.16. The van der Waals surface area contributed by atoms with E-state index in [1.54, 1.807) is 0 Å². The predicted octanol–water partition coefficient (Wildman–Crippen LogP) is 2.61. The first kappa shape index (κ1) is 11.8. The van der Waals surface area contributed by atoms with Crippen molar-refractivity contribution in [3.05, 3.63) is 28.0 Å². The molecule has 1 aromatic rings. The Hall–Kier alpha value is -1.23. The van der Waals surface area contributed by atoms with E-state index < -0.39 is 18.8 Å². The van der Waals surface area contributed by atoms with E-state index in [1.165, 1.54) is 6.92 Å². The molecule has 0 aliphatic heterocycles. The SMILES string of the molecule is Cc1nc(Cl)c(CC(=O)O)cc1C(F)F. The number of aromatic nitrogens is 1. The molecule has 0 bridgehead atoms. The molecule has 3 nitrogen and oxygen atoms in total. The molecule has 1 rings (SSSR count). The Morgan fingerprint density at radius 1 is 1.67 bits per heavy atom. The van der Waals surface area contributed by atoms with Crippen molar-refractivity contribution in [3.8, 4) is 0 Å². The standard InChI is InChI=1S/C9H8ClF2NO2/c1-4-6(9(11)12)2-5(3-7(14)15)8(10)13-4/h2,9H,3H2,1H3,(H,14,15). The highest BCUT2D eigenvalue weighted by molar-refractivity contribution is 6.30. The summed E-state index contributed by atoms with van der Waals surface area (Å²) in [5.74, 6) is -1.14. The third kappa shape index (κ3) is 2.86. The molecule has 0 unspecified atom stereocenters. The first-order valence-electron chi connectivity index (χ1n) is 4.07. The van der Waals surface area contributed by atoms with E-state index in [2.05, 4.69) is 4.98 Å². The van der Waals surface area contributed by atoms with Crippen LogP contribution in [0.25, 0.3) is 0 Å². The monoisotopic (exact) mass is 235 g/mol. The molecule has 0 aromatic carbocycles. The first-order valence-corrected chi connectivity index (χ1v) is 4.45. The molecule has 15 heavy (non-hydrogen) atoms. The number of carbonyl (C=O) groups is 1. The van der Waals surface area contributed by atoms with E-state index in [9.17, 15) is 13.6 Å². The Morgan fingerprint density at radius 3 is 2.73 bits per heavy atom. The van der Waals surface area contributed by atoms with Gasteiger partial charge in [-0.2, -0.15) is 0 Å². The van der Waals surface area contributed by atoms with Crippen LogP contribution < -0.4 is 0 Å². The molecule has 0 radical (unpaired) electrons. The second-order valence-corrected chi connectivity index (χ2v) is 3.34. The third-order valence-corrected chi connectivity index (χ3v) is 2.18. The normalized spacial score (nSPS) is 10.7. The maximum atomic E-state index is 12.4. The van der Waals surface area contributed by atoms with Gasteiger partial charge >= 0.3 is 5.97 Å². The summed E-state index contributed by atoms with van der Waals surface area (Å²) >= 11 is 5.63. The van der Waals surface area contributed by atoms with Crippen LogP contribution in [0.3, 0.4) is 0 Å². The van der Waals surface area contributed by atoms with Crippen molar-refractivity contribution in [2.45, 2.75) is 19.8 Å². The van der Waals surface area contributed by atoms with E-state index in [1.807, 2.05) is 0 Å². The topological polar surface area (TPSA) is 50.2 Å². The highest BCUT2D eigenvalue weighted by atomic mass is 35.5. The highest BCUT2D eigenvalue weighted by Crippen LogP contribution is 2.26. The van der Waals surface area contributed by atoms with Crippen LogP contribution in [0.4, 0.5) is 8.78 Å². The zero-order chi connectivity index (χ0) is 11.6. The van der Waals surface area contributed by atoms with Crippen molar-refractivity contribution in [1.29, 1.82) is 0 Å². The number of hydrogen-bond donors (Lipinski definition) is 1. The van der Waals surface area contributed by atoms with Crippen LogP contribution in [-0.2, 0) is 11.2 Å². The number of halogens is 3. The van der Waals surface area contributed by atoms with Gasteiger partial charge in [0.2, 0.25) is 0 Å². The summed E-state index contributed by atoms with van der Waals surface area (Å²) in [6, 6.07) is 1.09. The first-order chi connectivity index (χ1) is 6.91. The molecule has 6 heteroatoms. The molecular formula is C9H8ClF2NO2. The van der Waals surface area contributed by atoms with Gasteiger partial charge in [0.15, 0.2) is 0 Å². The van der Waals surface area contributed by atoms with E-state index in [-0.39, 0.29) is 22.0 Å². The lowest BCUT2D eigenvalue weighted by molar-refractivity contribution is -0.136. The number of hydrogen-bond acceptors (Lipinski definition) is 2. The minimum atomic E-state index is -2.68. The molecule has 0 saturated carbocycles. The van der Waals surface area contributed by atoms with Crippen LogP contribution in [0, 0.1) is 6.92 Å². The van der Waals surface area contributed by atoms with Gasteiger partial charge in [-0.25, -0.2) is 13.8 Å². The Balaban J connectivity index is 3.17. The van der Waals surface area contributed by atoms with Gasteiger partial charge in [-0.3, -0.25) is 4.79 Å². The lowest BCUT2D eigenvalue weighted by Gasteiger charge is -2.07. The van der Waals surface area contributed by atoms with E-state index in [0.29, 0.717) is 0 Å². The second-order valence-electron chi connectivity index (χ2n) is 2.98. The molecule has 1 aromatic heterocycles. The third-order valence-electron chi connectivity index (χ3n) is 1.86. The molecule has 0 aliphatic rings.